The number of carbonyl (C=O) groups excluding carboxylic acids is 3. The standard InChI is InChI=1S/C17H25N3O6S/c1-5-9-18-16(22)12(2)19-15(21)11-26-17(23)13-7-6-8-14(10-13)27(24,25)20(3)4/h6-8,10,12H,5,9,11H2,1-4H3,(H,18,22)(H,19,21)/t12-/m1/s1. The summed E-state index contributed by atoms with van der Waals surface area (Å²) in [4.78, 5) is 35.5. The van der Waals surface area contributed by atoms with Crippen LogP contribution in [0.3, 0.4) is 0 Å². The zero-order valence-electron chi connectivity index (χ0n) is 15.8. The van der Waals surface area contributed by atoms with Crippen molar-refractivity contribution in [3.63, 3.8) is 0 Å². The second-order valence-corrected chi connectivity index (χ2v) is 8.12. The first-order chi connectivity index (χ1) is 12.6. The Labute approximate surface area is 159 Å². The number of ether oxygens (including phenoxy) is 1. The molecule has 0 heterocycles. The van der Waals surface area contributed by atoms with Crippen LogP contribution in [-0.2, 0) is 24.3 Å². The molecule has 1 rings (SSSR count). The molecule has 0 aliphatic carbocycles. The van der Waals surface area contributed by atoms with E-state index in [0.717, 1.165) is 10.7 Å². The van der Waals surface area contributed by atoms with Crippen LogP contribution in [0.4, 0.5) is 0 Å². The van der Waals surface area contributed by atoms with Crippen LogP contribution < -0.4 is 10.6 Å². The van der Waals surface area contributed by atoms with Gasteiger partial charge in [-0.3, -0.25) is 9.59 Å². The number of nitrogens with zero attached hydrogens (tertiary/aromatic N) is 1. The highest BCUT2D eigenvalue weighted by molar-refractivity contribution is 7.89. The van der Waals surface area contributed by atoms with Crippen molar-refractivity contribution in [1.29, 1.82) is 0 Å². The number of sulfonamides is 1. The van der Waals surface area contributed by atoms with Gasteiger partial charge in [0.05, 0.1) is 10.5 Å². The Morgan fingerprint density at radius 3 is 2.48 bits per heavy atom. The van der Waals surface area contributed by atoms with Gasteiger partial charge in [0, 0.05) is 20.6 Å². The first-order valence-electron chi connectivity index (χ1n) is 8.36. The summed E-state index contributed by atoms with van der Waals surface area (Å²) >= 11 is 0. The third-order valence-corrected chi connectivity index (χ3v) is 5.31. The van der Waals surface area contributed by atoms with E-state index in [1.54, 1.807) is 0 Å². The zero-order chi connectivity index (χ0) is 20.6. The van der Waals surface area contributed by atoms with Crippen molar-refractivity contribution >= 4 is 27.8 Å². The summed E-state index contributed by atoms with van der Waals surface area (Å²) in [6.07, 6.45) is 0.770. The van der Waals surface area contributed by atoms with Crippen LogP contribution in [0.15, 0.2) is 29.2 Å². The Morgan fingerprint density at radius 1 is 1.22 bits per heavy atom. The lowest BCUT2D eigenvalue weighted by Crippen LogP contribution is -2.46. The van der Waals surface area contributed by atoms with Crippen LogP contribution >= 0.6 is 0 Å². The number of nitrogens with one attached hydrogen (secondary N) is 2. The van der Waals surface area contributed by atoms with E-state index >= 15 is 0 Å². The normalized spacial score (nSPS) is 12.3. The van der Waals surface area contributed by atoms with Crippen molar-refractivity contribution in [3.05, 3.63) is 29.8 Å². The summed E-state index contributed by atoms with van der Waals surface area (Å²) in [5.41, 5.74) is -0.000498. The Kier molecular flexibility index (Phi) is 8.38. The highest BCUT2D eigenvalue weighted by Gasteiger charge is 2.20. The molecule has 1 atom stereocenters. The molecule has 2 amide bonds. The van der Waals surface area contributed by atoms with Crippen LogP contribution in [0.2, 0.25) is 0 Å². The van der Waals surface area contributed by atoms with Gasteiger partial charge in [-0.1, -0.05) is 13.0 Å². The third-order valence-electron chi connectivity index (χ3n) is 3.50. The van der Waals surface area contributed by atoms with Crippen LogP contribution in [0.5, 0.6) is 0 Å². The van der Waals surface area contributed by atoms with Gasteiger partial charge in [0.15, 0.2) is 6.61 Å². The van der Waals surface area contributed by atoms with E-state index in [2.05, 4.69) is 10.6 Å². The van der Waals surface area contributed by atoms with Crippen LogP contribution in [0, 0.1) is 0 Å². The number of hydrogen-bond donors (Lipinski definition) is 2. The first-order valence-corrected chi connectivity index (χ1v) is 9.80. The molecule has 0 bridgehead atoms. The number of rotatable bonds is 9. The Balaban J connectivity index is 2.65. The maximum Gasteiger partial charge on any atom is 0.338 e. The Bertz CT molecular complexity index is 792. The van der Waals surface area contributed by atoms with Crippen molar-refractivity contribution in [3.8, 4) is 0 Å². The average Bonchev–Trinajstić information content (AvgIpc) is 2.63. The third kappa shape index (κ3) is 6.65. The lowest BCUT2D eigenvalue weighted by atomic mass is 10.2. The first kappa shape index (κ1) is 22.6. The van der Waals surface area contributed by atoms with Crippen molar-refractivity contribution in [1.82, 2.24) is 14.9 Å². The highest BCUT2D eigenvalue weighted by atomic mass is 32.2. The SMILES string of the molecule is CCCNC(=O)[C@@H](C)NC(=O)COC(=O)c1cccc(S(=O)(=O)N(C)C)c1. The van der Waals surface area contributed by atoms with Crippen LogP contribution in [0.1, 0.15) is 30.6 Å². The van der Waals surface area contributed by atoms with E-state index < -0.39 is 34.5 Å². The summed E-state index contributed by atoms with van der Waals surface area (Å²) in [5, 5.41) is 5.05. The molecule has 0 aliphatic rings. The molecular weight excluding hydrogens is 374 g/mol. The van der Waals surface area contributed by atoms with Crippen molar-refractivity contribution < 1.29 is 27.5 Å². The van der Waals surface area contributed by atoms with E-state index in [1.165, 1.54) is 45.3 Å². The maximum absolute atomic E-state index is 12.1. The monoisotopic (exact) mass is 399 g/mol. The molecule has 0 saturated heterocycles. The van der Waals surface area contributed by atoms with Gasteiger partial charge in [-0.05, 0) is 31.5 Å². The topological polar surface area (TPSA) is 122 Å². The van der Waals surface area contributed by atoms with Gasteiger partial charge in [-0.15, -0.1) is 0 Å². The van der Waals surface area contributed by atoms with Gasteiger partial charge in [0.1, 0.15) is 6.04 Å². The second kappa shape index (κ2) is 10.0. The number of amides is 2. The van der Waals surface area contributed by atoms with Crippen molar-refractivity contribution in [2.24, 2.45) is 0 Å². The lowest BCUT2D eigenvalue weighted by molar-refractivity contribution is -0.130. The fourth-order valence-corrected chi connectivity index (χ4v) is 2.91. The van der Waals surface area contributed by atoms with Crippen LogP contribution in [0.25, 0.3) is 0 Å². The molecule has 0 aromatic heterocycles. The van der Waals surface area contributed by atoms with Gasteiger partial charge in [-0.2, -0.15) is 0 Å². The minimum Gasteiger partial charge on any atom is -0.452 e. The average molecular weight is 399 g/mol. The number of carbonyl (C=O) groups is 3. The predicted octanol–water partition coefficient (Wildman–Crippen LogP) is 0.125. The largest absolute Gasteiger partial charge is 0.452 e. The molecular formula is C17H25N3O6S. The molecule has 1 aromatic carbocycles. The summed E-state index contributed by atoms with van der Waals surface area (Å²) in [6.45, 7) is 3.33. The minimum atomic E-state index is -3.70. The Hall–Kier alpha value is -2.46. The second-order valence-electron chi connectivity index (χ2n) is 5.97. The van der Waals surface area contributed by atoms with Gasteiger partial charge in [-0.25, -0.2) is 17.5 Å². The molecule has 150 valence electrons. The van der Waals surface area contributed by atoms with E-state index in [-0.39, 0.29) is 16.4 Å². The molecule has 9 nitrogen and oxygen atoms in total. The molecule has 0 fully saturated rings. The van der Waals surface area contributed by atoms with E-state index in [0.29, 0.717) is 6.54 Å². The molecule has 0 saturated carbocycles. The molecule has 0 unspecified atom stereocenters. The number of hydrogen-bond acceptors (Lipinski definition) is 6. The van der Waals surface area contributed by atoms with E-state index in [4.69, 9.17) is 4.74 Å². The van der Waals surface area contributed by atoms with Crippen molar-refractivity contribution in [2.75, 3.05) is 27.2 Å². The summed E-state index contributed by atoms with van der Waals surface area (Å²) in [7, 11) is -0.941. The molecule has 2 N–H and O–H groups in total. The summed E-state index contributed by atoms with van der Waals surface area (Å²) < 4.78 is 30.1. The zero-order valence-corrected chi connectivity index (χ0v) is 16.6. The number of benzene rings is 1. The molecule has 0 aliphatic heterocycles. The minimum absolute atomic E-state index is 0.000498. The van der Waals surface area contributed by atoms with Gasteiger partial charge in [0.2, 0.25) is 15.9 Å². The fraction of sp³-hybridized carbons (Fsp3) is 0.471. The molecule has 0 radical (unpaired) electrons. The lowest BCUT2D eigenvalue weighted by Gasteiger charge is -2.14. The van der Waals surface area contributed by atoms with Gasteiger partial charge >= 0.3 is 5.97 Å². The van der Waals surface area contributed by atoms with Gasteiger partial charge < -0.3 is 15.4 Å². The molecule has 10 heteroatoms. The Morgan fingerprint density at radius 2 is 1.89 bits per heavy atom. The smallest absolute Gasteiger partial charge is 0.338 e. The predicted molar refractivity (Wildman–Crippen MR) is 98.5 cm³/mol. The van der Waals surface area contributed by atoms with Crippen LogP contribution in [-0.4, -0.2) is 63.8 Å². The molecule has 0 spiro atoms. The maximum atomic E-state index is 12.1. The fourth-order valence-electron chi connectivity index (χ4n) is 1.96. The highest BCUT2D eigenvalue weighted by Crippen LogP contribution is 2.15. The summed E-state index contributed by atoms with van der Waals surface area (Å²) in [5.74, 6) is -1.82. The van der Waals surface area contributed by atoms with E-state index in [9.17, 15) is 22.8 Å². The van der Waals surface area contributed by atoms with E-state index in [1.807, 2.05) is 6.92 Å². The quantitative estimate of drug-likeness (QED) is 0.569. The molecule has 27 heavy (non-hydrogen) atoms. The summed E-state index contributed by atoms with van der Waals surface area (Å²) in [6, 6.07) is 4.56. The van der Waals surface area contributed by atoms with Gasteiger partial charge in [0.25, 0.3) is 5.91 Å². The van der Waals surface area contributed by atoms with Crippen molar-refractivity contribution in [2.45, 2.75) is 31.2 Å². The molecule has 1 aromatic rings. The number of esters is 1.